The highest BCUT2D eigenvalue weighted by Crippen LogP contribution is 2.41. The van der Waals surface area contributed by atoms with Gasteiger partial charge < -0.3 is 10.2 Å². The maximum absolute atomic E-state index is 14.2. The first-order valence-electron chi connectivity index (χ1n) is 7.55. The van der Waals surface area contributed by atoms with Crippen molar-refractivity contribution < 1.29 is 9.31 Å². The monoisotopic (exact) mass is 293 g/mol. The van der Waals surface area contributed by atoms with Gasteiger partial charge in [0, 0.05) is 30.3 Å². The molecule has 1 N–H and O–H groups in total. The number of benzene rings is 1. The third-order valence-corrected chi connectivity index (χ3v) is 4.64. The largest absolute Gasteiger partial charge is 0.363 e. The van der Waals surface area contributed by atoms with Crippen LogP contribution in [-0.4, -0.2) is 29.6 Å². The first kappa shape index (κ1) is 14.3. The van der Waals surface area contributed by atoms with Gasteiger partial charge in [-0.25, -0.2) is 4.39 Å². The van der Waals surface area contributed by atoms with Gasteiger partial charge in [-0.2, -0.15) is 0 Å². The summed E-state index contributed by atoms with van der Waals surface area (Å²) in [5.74, 6) is -0.362. The molecule has 0 aliphatic carbocycles. The van der Waals surface area contributed by atoms with E-state index in [2.05, 4.69) is 17.1 Å². The maximum Gasteiger partial charge on any atom is 0.271 e. The molecule has 5 nitrogen and oxygen atoms in total. The number of nitro groups is 1. The summed E-state index contributed by atoms with van der Waals surface area (Å²) in [6.07, 6.45) is 4.03. The summed E-state index contributed by atoms with van der Waals surface area (Å²) in [5.41, 5.74) is 0.353. The molecule has 2 unspecified atom stereocenters. The lowest BCUT2D eigenvalue weighted by Gasteiger charge is -2.40. The Labute approximate surface area is 123 Å². The van der Waals surface area contributed by atoms with E-state index in [1.54, 1.807) is 0 Å². The standard InChI is InChI=1S/C15H20FN3O2/c1-2-17-10-7-11-3-4-12(8-10)18(11)15-9-13(19(20)21)5-6-14(15)16/h5-6,9-12,17H,2-4,7-8H2,1H3. The van der Waals surface area contributed by atoms with Crippen LogP contribution in [0, 0.1) is 15.9 Å². The molecular weight excluding hydrogens is 273 g/mol. The number of hydrogen-bond donors (Lipinski definition) is 1. The van der Waals surface area contributed by atoms with E-state index in [0.29, 0.717) is 11.7 Å². The van der Waals surface area contributed by atoms with Gasteiger partial charge in [-0.3, -0.25) is 10.1 Å². The zero-order valence-corrected chi connectivity index (χ0v) is 12.1. The van der Waals surface area contributed by atoms with Crippen LogP contribution in [0.25, 0.3) is 0 Å². The highest BCUT2D eigenvalue weighted by molar-refractivity contribution is 5.57. The molecule has 3 rings (SSSR count). The Hall–Kier alpha value is -1.69. The molecule has 114 valence electrons. The summed E-state index contributed by atoms with van der Waals surface area (Å²) in [6, 6.07) is 4.86. The van der Waals surface area contributed by atoms with E-state index in [4.69, 9.17) is 0 Å². The smallest absolute Gasteiger partial charge is 0.271 e. The maximum atomic E-state index is 14.2. The molecule has 2 fully saturated rings. The lowest BCUT2D eigenvalue weighted by atomic mass is 9.96. The molecule has 21 heavy (non-hydrogen) atoms. The average molecular weight is 293 g/mol. The average Bonchev–Trinajstić information content (AvgIpc) is 2.71. The van der Waals surface area contributed by atoms with Gasteiger partial charge in [0.1, 0.15) is 5.82 Å². The molecule has 2 heterocycles. The van der Waals surface area contributed by atoms with Crippen molar-refractivity contribution in [3.63, 3.8) is 0 Å². The number of nitro benzene ring substituents is 1. The number of non-ortho nitro benzene ring substituents is 1. The van der Waals surface area contributed by atoms with Gasteiger partial charge in [0.15, 0.2) is 0 Å². The summed E-state index contributed by atoms with van der Waals surface area (Å²) < 4.78 is 14.2. The Balaban J connectivity index is 1.88. The zero-order valence-electron chi connectivity index (χ0n) is 12.1. The van der Waals surface area contributed by atoms with Gasteiger partial charge in [0.2, 0.25) is 0 Å². The first-order chi connectivity index (χ1) is 10.1. The molecule has 2 aliphatic rings. The van der Waals surface area contributed by atoms with Crippen LogP contribution >= 0.6 is 0 Å². The second-order valence-corrected chi connectivity index (χ2v) is 5.91. The van der Waals surface area contributed by atoms with Crippen LogP contribution in [0.1, 0.15) is 32.6 Å². The molecule has 6 heteroatoms. The minimum Gasteiger partial charge on any atom is -0.363 e. The van der Waals surface area contributed by atoms with Gasteiger partial charge in [0.25, 0.3) is 5.69 Å². The van der Waals surface area contributed by atoms with Crippen molar-refractivity contribution in [3.8, 4) is 0 Å². The fourth-order valence-corrected chi connectivity index (χ4v) is 3.84. The molecule has 0 spiro atoms. The summed E-state index contributed by atoms with van der Waals surface area (Å²) >= 11 is 0. The van der Waals surface area contributed by atoms with Crippen LogP contribution in [0.5, 0.6) is 0 Å². The van der Waals surface area contributed by atoms with Crippen LogP contribution in [0.3, 0.4) is 0 Å². The van der Waals surface area contributed by atoms with Crippen LogP contribution < -0.4 is 10.2 Å². The number of nitrogens with zero attached hydrogens (tertiary/aromatic N) is 2. The third-order valence-electron chi connectivity index (χ3n) is 4.64. The Morgan fingerprint density at radius 2 is 2.05 bits per heavy atom. The highest BCUT2D eigenvalue weighted by atomic mass is 19.1. The topological polar surface area (TPSA) is 58.4 Å². The molecule has 0 saturated carbocycles. The van der Waals surface area contributed by atoms with Crippen molar-refractivity contribution in [2.75, 3.05) is 11.4 Å². The zero-order chi connectivity index (χ0) is 15.0. The van der Waals surface area contributed by atoms with Crippen LogP contribution in [0.2, 0.25) is 0 Å². The number of anilines is 1. The number of piperidine rings is 1. The Kier molecular flexibility index (Phi) is 3.80. The molecule has 0 amide bonds. The molecule has 2 saturated heterocycles. The lowest BCUT2D eigenvalue weighted by molar-refractivity contribution is -0.384. The second kappa shape index (κ2) is 5.60. The molecule has 1 aromatic rings. The Bertz CT molecular complexity index is 538. The van der Waals surface area contributed by atoms with E-state index in [-0.39, 0.29) is 23.6 Å². The summed E-state index contributed by atoms with van der Waals surface area (Å²) in [5, 5.41) is 14.4. The molecule has 2 atom stereocenters. The molecule has 1 aromatic carbocycles. The second-order valence-electron chi connectivity index (χ2n) is 5.91. The van der Waals surface area contributed by atoms with Crippen LogP contribution in [-0.2, 0) is 0 Å². The van der Waals surface area contributed by atoms with Gasteiger partial charge in [-0.1, -0.05) is 6.92 Å². The number of halogens is 1. The van der Waals surface area contributed by atoms with Gasteiger partial charge >= 0.3 is 0 Å². The van der Waals surface area contributed by atoms with Gasteiger partial charge in [-0.05, 0) is 38.3 Å². The van der Waals surface area contributed by atoms with E-state index in [1.807, 2.05) is 0 Å². The lowest BCUT2D eigenvalue weighted by Crippen LogP contribution is -2.49. The van der Waals surface area contributed by atoms with Crippen molar-refractivity contribution in [1.29, 1.82) is 0 Å². The van der Waals surface area contributed by atoms with E-state index in [1.165, 1.54) is 18.2 Å². The van der Waals surface area contributed by atoms with Crippen LogP contribution in [0.15, 0.2) is 18.2 Å². The van der Waals surface area contributed by atoms with Crippen molar-refractivity contribution in [3.05, 3.63) is 34.1 Å². The van der Waals surface area contributed by atoms with E-state index < -0.39 is 4.92 Å². The van der Waals surface area contributed by atoms with E-state index >= 15 is 0 Å². The molecule has 2 aliphatic heterocycles. The Morgan fingerprint density at radius 1 is 1.38 bits per heavy atom. The first-order valence-corrected chi connectivity index (χ1v) is 7.55. The minimum atomic E-state index is -0.462. The van der Waals surface area contributed by atoms with E-state index in [9.17, 15) is 14.5 Å². The minimum absolute atomic E-state index is 0.0420. The predicted octanol–water partition coefficient (Wildman–Crippen LogP) is 2.84. The molecular formula is C15H20FN3O2. The molecule has 0 aromatic heterocycles. The SMILES string of the molecule is CCNC1CC2CCC(C1)N2c1cc([N+](=O)[O-])ccc1F. The fraction of sp³-hybridized carbons (Fsp3) is 0.600. The third kappa shape index (κ3) is 2.60. The number of fused-ring (bicyclic) bond motifs is 2. The van der Waals surface area contributed by atoms with Crippen molar-refractivity contribution in [2.45, 2.75) is 50.7 Å². The van der Waals surface area contributed by atoms with E-state index in [0.717, 1.165) is 32.2 Å². The quantitative estimate of drug-likeness (QED) is 0.685. The van der Waals surface area contributed by atoms with Crippen molar-refractivity contribution in [2.24, 2.45) is 0 Å². The number of hydrogen-bond acceptors (Lipinski definition) is 4. The summed E-state index contributed by atoms with van der Waals surface area (Å²) in [6.45, 7) is 3.03. The number of nitrogens with one attached hydrogen (secondary N) is 1. The van der Waals surface area contributed by atoms with Crippen LogP contribution in [0.4, 0.5) is 15.8 Å². The van der Waals surface area contributed by atoms with Gasteiger partial charge in [-0.15, -0.1) is 0 Å². The summed E-state index contributed by atoms with van der Waals surface area (Å²) in [4.78, 5) is 12.5. The van der Waals surface area contributed by atoms with Gasteiger partial charge in [0.05, 0.1) is 10.6 Å². The summed E-state index contributed by atoms with van der Waals surface area (Å²) in [7, 11) is 0. The molecule has 0 radical (unpaired) electrons. The predicted molar refractivity (Wildman–Crippen MR) is 79.0 cm³/mol. The molecule has 2 bridgehead atoms. The fourth-order valence-electron chi connectivity index (χ4n) is 3.84. The van der Waals surface area contributed by atoms with Crippen molar-refractivity contribution >= 4 is 11.4 Å². The normalized spacial score (nSPS) is 27.9. The Morgan fingerprint density at radius 3 is 2.62 bits per heavy atom. The van der Waals surface area contributed by atoms with Crippen molar-refractivity contribution in [1.82, 2.24) is 5.32 Å². The highest BCUT2D eigenvalue weighted by Gasteiger charge is 2.41. The number of rotatable bonds is 4.